The molecule has 0 bridgehead atoms. The van der Waals surface area contributed by atoms with Crippen molar-refractivity contribution in [2.24, 2.45) is 5.41 Å². The Kier molecular flexibility index (Phi) is 4.30. The Hall–Kier alpha value is -0.780. The molecule has 1 rings (SSSR count). The van der Waals surface area contributed by atoms with Gasteiger partial charge >= 0.3 is 12.1 Å². The highest BCUT2D eigenvalue weighted by molar-refractivity contribution is 5.81. The lowest BCUT2D eigenvalue weighted by Gasteiger charge is -2.43. The molecule has 1 N–H and O–H groups in total. The maximum atomic E-state index is 12.3. The number of hydrogen-bond donors (Lipinski definition) is 1. The smallest absolute Gasteiger partial charge is 0.401 e. The summed E-state index contributed by atoms with van der Waals surface area (Å²) in [5, 5.41) is 2.38. The number of carbonyl (C=O) groups excluding carboxylic acids is 1. The van der Waals surface area contributed by atoms with Gasteiger partial charge in [-0.05, 0) is 24.7 Å². The summed E-state index contributed by atoms with van der Waals surface area (Å²) in [5.41, 5.74) is -1.36. The van der Waals surface area contributed by atoms with Crippen LogP contribution in [0.15, 0.2) is 0 Å². The van der Waals surface area contributed by atoms with Crippen molar-refractivity contribution in [3.63, 3.8) is 0 Å². The summed E-state index contributed by atoms with van der Waals surface area (Å²) in [7, 11) is 1.21. The van der Waals surface area contributed by atoms with Gasteiger partial charge in [-0.25, -0.2) is 0 Å². The second-order valence-corrected chi connectivity index (χ2v) is 5.74. The number of nitrogens with one attached hydrogen (secondary N) is 1. The Bertz CT molecular complexity index is 315. The molecule has 0 radical (unpaired) electrons. The molecule has 0 heterocycles. The number of hydrogen-bond acceptors (Lipinski definition) is 3. The molecule has 0 aromatic rings. The topological polar surface area (TPSA) is 38.3 Å². The average Bonchev–Trinajstić information content (AvgIpc) is 2.23. The van der Waals surface area contributed by atoms with Gasteiger partial charge in [0.05, 0.1) is 13.7 Å². The highest BCUT2D eigenvalue weighted by atomic mass is 19.4. The van der Waals surface area contributed by atoms with Gasteiger partial charge in [-0.2, -0.15) is 13.2 Å². The minimum Gasteiger partial charge on any atom is -0.468 e. The lowest BCUT2D eigenvalue weighted by Crippen LogP contribution is -2.58. The van der Waals surface area contributed by atoms with Gasteiger partial charge in [-0.1, -0.05) is 20.3 Å². The van der Waals surface area contributed by atoms with Gasteiger partial charge in [0.2, 0.25) is 0 Å². The van der Waals surface area contributed by atoms with E-state index < -0.39 is 24.2 Å². The normalized spacial score (nSPS) is 27.9. The van der Waals surface area contributed by atoms with Crippen LogP contribution in [0.3, 0.4) is 0 Å². The number of alkyl halides is 3. The largest absolute Gasteiger partial charge is 0.468 e. The number of ether oxygens (including phenoxy) is 1. The van der Waals surface area contributed by atoms with E-state index >= 15 is 0 Å². The number of carbonyl (C=O) groups is 1. The Balaban J connectivity index is 2.86. The Morgan fingerprint density at radius 2 is 1.94 bits per heavy atom. The van der Waals surface area contributed by atoms with Gasteiger partial charge in [0, 0.05) is 0 Å². The van der Waals surface area contributed by atoms with Crippen LogP contribution in [0.25, 0.3) is 0 Å². The number of methoxy groups -OCH3 is 1. The third kappa shape index (κ3) is 3.86. The molecule has 1 aliphatic carbocycles. The van der Waals surface area contributed by atoms with Crippen LogP contribution in [-0.4, -0.2) is 31.3 Å². The summed E-state index contributed by atoms with van der Waals surface area (Å²) in [6.45, 7) is 2.75. The highest BCUT2D eigenvalue weighted by Crippen LogP contribution is 2.41. The van der Waals surface area contributed by atoms with Gasteiger partial charge < -0.3 is 4.74 Å². The zero-order chi connectivity index (χ0) is 14.0. The summed E-state index contributed by atoms with van der Waals surface area (Å²) >= 11 is 0. The van der Waals surface area contributed by atoms with E-state index in [1.807, 2.05) is 13.8 Å². The molecular formula is C12H20F3NO2. The van der Waals surface area contributed by atoms with Crippen molar-refractivity contribution < 1.29 is 22.7 Å². The maximum Gasteiger partial charge on any atom is 0.401 e. The minimum atomic E-state index is -4.33. The van der Waals surface area contributed by atoms with Crippen molar-refractivity contribution in [1.29, 1.82) is 0 Å². The van der Waals surface area contributed by atoms with Crippen LogP contribution in [0, 0.1) is 5.41 Å². The standard InChI is InChI=1S/C12H20F3NO2/c1-10(2)5-4-6-11(7-10,9(17)18-3)16-8-12(13,14)15/h16H,4-8H2,1-3H3. The van der Waals surface area contributed by atoms with Gasteiger partial charge in [-0.15, -0.1) is 0 Å². The van der Waals surface area contributed by atoms with E-state index in [-0.39, 0.29) is 5.41 Å². The molecule has 18 heavy (non-hydrogen) atoms. The van der Waals surface area contributed by atoms with Crippen LogP contribution in [0.4, 0.5) is 13.2 Å². The summed E-state index contributed by atoms with van der Waals surface area (Å²) < 4.78 is 41.7. The molecule has 0 aromatic carbocycles. The van der Waals surface area contributed by atoms with Gasteiger partial charge in [0.25, 0.3) is 0 Å². The summed E-state index contributed by atoms with van der Waals surface area (Å²) in [6.07, 6.45) is -1.96. The average molecular weight is 267 g/mol. The number of halogens is 3. The number of rotatable bonds is 3. The molecule has 106 valence electrons. The van der Waals surface area contributed by atoms with Gasteiger partial charge in [0.1, 0.15) is 5.54 Å². The van der Waals surface area contributed by atoms with Crippen molar-refractivity contribution >= 4 is 5.97 Å². The highest BCUT2D eigenvalue weighted by Gasteiger charge is 2.47. The summed E-state index contributed by atoms with van der Waals surface area (Å²) in [5.74, 6) is -0.598. The van der Waals surface area contributed by atoms with Gasteiger partial charge in [-0.3, -0.25) is 10.1 Å². The van der Waals surface area contributed by atoms with E-state index in [0.29, 0.717) is 19.3 Å². The summed E-state index contributed by atoms with van der Waals surface area (Å²) in [4.78, 5) is 11.8. The fourth-order valence-corrected chi connectivity index (χ4v) is 2.72. The molecule has 1 saturated carbocycles. The van der Waals surface area contributed by atoms with Crippen molar-refractivity contribution in [3.05, 3.63) is 0 Å². The second kappa shape index (κ2) is 5.07. The molecule has 1 fully saturated rings. The fraction of sp³-hybridized carbons (Fsp3) is 0.917. The fourth-order valence-electron chi connectivity index (χ4n) is 2.72. The Labute approximate surface area is 105 Å². The van der Waals surface area contributed by atoms with E-state index in [4.69, 9.17) is 0 Å². The molecule has 0 amide bonds. The van der Waals surface area contributed by atoms with E-state index in [1.165, 1.54) is 7.11 Å². The van der Waals surface area contributed by atoms with Crippen LogP contribution in [0.5, 0.6) is 0 Å². The van der Waals surface area contributed by atoms with Crippen LogP contribution in [0.2, 0.25) is 0 Å². The molecule has 1 atom stereocenters. The van der Waals surface area contributed by atoms with E-state index in [1.54, 1.807) is 0 Å². The Morgan fingerprint density at radius 1 is 1.33 bits per heavy atom. The molecule has 0 aliphatic heterocycles. The predicted molar refractivity (Wildman–Crippen MR) is 61.1 cm³/mol. The minimum absolute atomic E-state index is 0.162. The zero-order valence-electron chi connectivity index (χ0n) is 11.0. The zero-order valence-corrected chi connectivity index (χ0v) is 11.0. The molecule has 1 unspecified atom stereocenters. The molecular weight excluding hydrogens is 247 g/mol. The first-order valence-electron chi connectivity index (χ1n) is 6.00. The van der Waals surface area contributed by atoms with Crippen molar-refractivity contribution in [2.45, 2.75) is 51.2 Å². The van der Waals surface area contributed by atoms with Crippen molar-refractivity contribution in [1.82, 2.24) is 5.32 Å². The SMILES string of the molecule is COC(=O)C1(NCC(F)(F)F)CCCC(C)(C)C1. The molecule has 0 spiro atoms. The summed E-state index contributed by atoms with van der Waals surface area (Å²) in [6, 6.07) is 0. The molecule has 6 heteroatoms. The van der Waals surface area contributed by atoms with Crippen LogP contribution in [-0.2, 0) is 9.53 Å². The first-order valence-corrected chi connectivity index (χ1v) is 6.00. The van der Waals surface area contributed by atoms with E-state index in [9.17, 15) is 18.0 Å². The molecule has 1 aliphatic rings. The third-order valence-electron chi connectivity index (χ3n) is 3.44. The van der Waals surface area contributed by atoms with Crippen molar-refractivity contribution in [3.8, 4) is 0 Å². The van der Waals surface area contributed by atoms with Gasteiger partial charge in [0.15, 0.2) is 0 Å². The van der Waals surface area contributed by atoms with Crippen LogP contribution < -0.4 is 5.32 Å². The Morgan fingerprint density at radius 3 is 2.39 bits per heavy atom. The second-order valence-electron chi connectivity index (χ2n) is 5.74. The monoisotopic (exact) mass is 267 g/mol. The molecule has 0 aromatic heterocycles. The van der Waals surface area contributed by atoms with Crippen LogP contribution in [0.1, 0.15) is 39.5 Å². The quantitative estimate of drug-likeness (QED) is 0.799. The molecule has 3 nitrogen and oxygen atoms in total. The van der Waals surface area contributed by atoms with E-state index in [2.05, 4.69) is 10.1 Å². The first-order chi connectivity index (χ1) is 8.10. The first kappa shape index (κ1) is 15.3. The maximum absolute atomic E-state index is 12.3. The number of esters is 1. The van der Waals surface area contributed by atoms with Crippen molar-refractivity contribution in [2.75, 3.05) is 13.7 Å². The van der Waals surface area contributed by atoms with Crippen LogP contribution >= 0.6 is 0 Å². The third-order valence-corrected chi connectivity index (χ3v) is 3.44. The molecule has 0 saturated heterocycles. The predicted octanol–water partition coefficient (Wildman–Crippen LogP) is 2.65. The lowest BCUT2D eigenvalue weighted by atomic mass is 9.68. The lowest BCUT2D eigenvalue weighted by molar-refractivity contribution is -0.157. The van der Waals surface area contributed by atoms with E-state index in [0.717, 1.165) is 6.42 Å².